The highest BCUT2D eigenvalue weighted by molar-refractivity contribution is 7.10. The maximum absolute atomic E-state index is 13.0. The van der Waals surface area contributed by atoms with Crippen LogP contribution in [0, 0.1) is 0 Å². The van der Waals surface area contributed by atoms with Crippen molar-refractivity contribution in [1.29, 1.82) is 0 Å². The summed E-state index contributed by atoms with van der Waals surface area (Å²) in [6.07, 6.45) is 1.57. The molecule has 4 rings (SSSR count). The maximum Gasteiger partial charge on any atom is 0.252 e. The molecule has 3 aromatic rings. The van der Waals surface area contributed by atoms with Crippen molar-refractivity contribution >= 4 is 23.2 Å². The van der Waals surface area contributed by atoms with Gasteiger partial charge in [0.1, 0.15) is 0 Å². The zero-order valence-electron chi connectivity index (χ0n) is 18.0. The average molecular weight is 433 g/mol. The van der Waals surface area contributed by atoms with Crippen LogP contribution in [0.15, 0.2) is 66.0 Å². The van der Waals surface area contributed by atoms with Crippen LogP contribution < -0.4 is 5.32 Å². The minimum Gasteiger partial charge on any atom is -0.340 e. The molecule has 1 saturated heterocycles. The first kappa shape index (κ1) is 21.3. The van der Waals surface area contributed by atoms with Crippen molar-refractivity contribution in [1.82, 2.24) is 10.2 Å². The number of rotatable bonds is 7. The van der Waals surface area contributed by atoms with E-state index < -0.39 is 0 Å². The summed E-state index contributed by atoms with van der Waals surface area (Å²) in [4.78, 5) is 27.9. The molecule has 1 fully saturated rings. The van der Waals surface area contributed by atoms with Gasteiger partial charge in [-0.1, -0.05) is 56.3 Å². The minimum absolute atomic E-state index is 0.102. The van der Waals surface area contributed by atoms with Crippen molar-refractivity contribution in [2.75, 3.05) is 6.54 Å². The third-order valence-electron chi connectivity index (χ3n) is 5.80. The Labute approximate surface area is 187 Å². The molecule has 31 heavy (non-hydrogen) atoms. The lowest BCUT2D eigenvalue weighted by Gasteiger charge is -2.19. The van der Waals surface area contributed by atoms with E-state index in [2.05, 4.69) is 49.5 Å². The van der Waals surface area contributed by atoms with Crippen LogP contribution in [-0.2, 0) is 11.3 Å². The fourth-order valence-corrected chi connectivity index (χ4v) is 4.72. The van der Waals surface area contributed by atoms with Gasteiger partial charge in [0.15, 0.2) is 0 Å². The summed E-state index contributed by atoms with van der Waals surface area (Å²) in [6.45, 7) is 5.79. The summed E-state index contributed by atoms with van der Waals surface area (Å²) >= 11 is 1.64. The van der Waals surface area contributed by atoms with Gasteiger partial charge in [-0.3, -0.25) is 9.59 Å². The van der Waals surface area contributed by atoms with E-state index in [4.69, 9.17) is 0 Å². The van der Waals surface area contributed by atoms with Gasteiger partial charge in [0, 0.05) is 30.0 Å². The molecular weight excluding hydrogens is 404 g/mol. The summed E-state index contributed by atoms with van der Waals surface area (Å²) in [6, 6.07) is 20.0. The second kappa shape index (κ2) is 9.48. The minimum atomic E-state index is -0.185. The Balaban J connectivity index is 1.49. The zero-order chi connectivity index (χ0) is 21.8. The molecule has 1 atom stereocenters. The molecule has 2 heterocycles. The van der Waals surface area contributed by atoms with E-state index in [0.717, 1.165) is 29.0 Å². The fourth-order valence-electron chi connectivity index (χ4n) is 3.92. The second-order valence-electron chi connectivity index (χ2n) is 8.36. The number of nitrogens with zero attached hydrogens (tertiary/aromatic N) is 1. The first-order valence-corrected chi connectivity index (χ1v) is 11.7. The predicted molar refractivity (Wildman–Crippen MR) is 125 cm³/mol. The fraction of sp³-hybridized carbons (Fsp3) is 0.308. The van der Waals surface area contributed by atoms with Crippen LogP contribution in [0.5, 0.6) is 0 Å². The maximum atomic E-state index is 13.0. The van der Waals surface area contributed by atoms with E-state index in [1.54, 1.807) is 11.3 Å². The molecule has 2 aromatic carbocycles. The van der Waals surface area contributed by atoms with Crippen LogP contribution in [0.1, 0.15) is 70.6 Å². The van der Waals surface area contributed by atoms with Gasteiger partial charge in [0.2, 0.25) is 5.91 Å². The van der Waals surface area contributed by atoms with Crippen LogP contribution >= 0.6 is 11.3 Å². The molecule has 2 amide bonds. The Bertz CT molecular complexity index is 1020. The zero-order valence-corrected chi connectivity index (χ0v) is 18.8. The number of benzene rings is 2. The third kappa shape index (κ3) is 5.05. The lowest BCUT2D eigenvalue weighted by molar-refractivity contribution is -0.128. The summed E-state index contributed by atoms with van der Waals surface area (Å²) < 4.78 is 0. The van der Waals surface area contributed by atoms with Crippen molar-refractivity contribution < 1.29 is 9.59 Å². The molecule has 1 aliphatic heterocycles. The topological polar surface area (TPSA) is 49.4 Å². The van der Waals surface area contributed by atoms with Crippen molar-refractivity contribution in [2.24, 2.45) is 0 Å². The van der Waals surface area contributed by atoms with Crippen LogP contribution in [0.2, 0.25) is 0 Å². The molecular formula is C26H28N2O2S. The number of hydrogen-bond acceptors (Lipinski definition) is 3. The smallest absolute Gasteiger partial charge is 0.252 e. The number of amides is 2. The van der Waals surface area contributed by atoms with Crippen LogP contribution in [0.3, 0.4) is 0 Å². The lowest BCUT2D eigenvalue weighted by atomic mass is 9.98. The molecule has 4 nitrogen and oxygen atoms in total. The Hall–Kier alpha value is -2.92. The van der Waals surface area contributed by atoms with E-state index >= 15 is 0 Å². The highest BCUT2D eigenvalue weighted by atomic mass is 32.1. The molecule has 0 aliphatic carbocycles. The largest absolute Gasteiger partial charge is 0.340 e. The van der Waals surface area contributed by atoms with Gasteiger partial charge in [-0.25, -0.2) is 0 Å². The van der Waals surface area contributed by atoms with Gasteiger partial charge in [-0.05, 0) is 52.6 Å². The van der Waals surface area contributed by atoms with E-state index in [-0.39, 0.29) is 17.9 Å². The molecule has 160 valence electrons. The summed E-state index contributed by atoms with van der Waals surface area (Å²) in [7, 11) is 0. The van der Waals surface area contributed by atoms with Gasteiger partial charge < -0.3 is 10.2 Å². The predicted octanol–water partition coefficient (Wildman–Crippen LogP) is 5.51. The Morgan fingerprint density at radius 2 is 1.74 bits per heavy atom. The second-order valence-corrected chi connectivity index (χ2v) is 9.34. The molecule has 0 bridgehead atoms. The standard InChI is InChI=1S/C26H28N2O2S/c1-18(2)20-11-13-21(14-12-20)25(23-5-4-16-31-23)27-26(30)22-9-7-19(8-10-22)17-28-15-3-6-24(28)29/h4-5,7-14,16,18,25H,3,6,15,17H2,1-2H3,(H,27,30). The quantitative estimate of drug-likeness (QED) is 0.535. The number of thiophene rings is 1. The number of nitrogens with one attached hydrogen (secondary N) is 1. The highest BCUT2D eigenvalue weighted by Gasteiger charge is 2.21. The average Bonchev–Trinajstić information content (AvgIpc) is 3.45. The molecule has 1 aromatic heterocycles. The van der Waals surface area contributed by atoms with Gasteiger partial charge in [0.25, 0.3) is 5.91 Å². The van der Waals surface area contributed by atoms with Gasteiger partial charge in [-0.2, -0.15) is 0 Å². The van der Waals surface area contributed by atoms with Crippen LogP contribution in [0.25, 0.3) is 0 Å². The SMILES string of the molecule is CC(C)c1ccc(C(NC(=O)c2ccc(CN3CCCC3=O)cc2)c2cccs2)cc1. The van der Waals surface area contributed by atoms with Crippen LogP contribution in [-0.4, -0.2) is 23.3 Å². The summed E-state index contributed by atoms with van der Waals surface area (Å²) in [5.41, 5.74) is 4.03. The molecule has 0 saturated carbocycles. The number of carbonyl (C=O) groups is 2. The first-order valence-electron chi connectivity index (χ1n) is 10.8. The molecule has 1 N–H and O–H groups in total. The van der Waals surface area contributed by atoms with Crippen LogP contribution in [0.4, 0.5) is 0 Å². The normalized spacial score (nSPS) is 14.8. The van der Waals surface area contributed by atoms with Gasteiger partial charge in [0.05, 0.1) is 6.04 Å². The Morgan fingerprint density at radius 3 is 2.32 bits per heavy atom. The number of likely N-dealkylation sites (tertiary alicyclic amines) is 1. The molecule has 1 aliphatic rings. The molecule has 0 spiro atoms. The van der Waals surface area contributed by atoms with Crippen molar-refractivity contribution in [2.45, 2.75) is 45.2 Å². The monoisotopic (exact) mass is 432 g/mol. The van der Waals surface area contributed by atoms with Gasteiger partial charge >= 0.3 is 0 Å². The first-order chi connectivity index (χ1) is 15.0. The van der Waals surface area contributed by atoms with E-state index in [1.165, 1.54) is 5.56 Å². The molecule has 5 heteroatoms. The van der Waals surface area contributed by atoms with E-state index in [1.807, 2.05) is 40.6 Å². The lowest BCUT2D eigenvalue weighted by Crippen LogP contribution is -2.29. The Morgan fingerprint density at radius 1 is 1.03 bits per heavy atom. The number of carbonyl (C=O) groups excluding carboxylic acids is 2. The summed E-state index contributed by atoms with van der Waals surface area (Å²) in [5, 5.41) is 5.24. The number of hydrogen-bond donors (Lipinski definition) is 1. The van der Waals surface area contributed by atoms with E-state index in [0.29, 0.717) is 24.4 Å². The molecule has 1 unspecified atom stereocenters. The Kier molecular flexibility index (Phi) is 6.52. The molecule has 0 radical (unpaired) electrons. The van der Waals surface area contributed by atoms with Gasteiger partial charge in [-0.15, -0.1) is 11.3 Å². The van der Waals surface area contributed by atoms with Crippen molar-refractivity contribution in [3.05, 3.63) is 93.2 Å². The summed E-state index contributed by atoms with van der Waals surface area (Å²) in [5.74, 6) is 0.581. The highest BCUT2D eigenvalue weighted by Crippen LogP contribution is 2.28. The van der Waals surface area contributed by atoms with E-state index in [9.17, 15) is 9.59 Å². The van der Waals surface area contributed by atoms with Crippen molar-refractivity contribution in [3.8, 4) is 0 Å². The third-order valence-corrected chi connectivity index (χ3v) is 6.74. The van der Waals surface area contributed by atoms with Crippen molar-refractivity contribution in [3.63, 3.8) is 0 Å².